The second-order valence-corrected chi connectivity index (χ2v) is 5.30. The Bertz CT molecular complexity index is 351. The van der Waals surface area contributed by atoms with E-state index in [1.165, 1.54) is 12.8 Å². The molecular weight excluding hydrogens is 256 g/mol. The smallest absolute Gasteiger partial charge is 0.227 e. The summed E-state index contributed by atoms with van der Waals surface area (Å²) in [5, 5.41) is 6.95. The maximum atomic E-state index is 11.8. The van der Waals surface area contributed by atoms with Crippen molar-refractivity contribution in [1.82, 2.24) is 5.32 Å². The lowest BCUT2D eigenvalue weighted by atomic mass is 10.0. The molecule has 2 rings (SSSR count). The van der Waals surface area contributed by atoms with E-state index in [0.717, 1.165) is 5.56 Å². The Balaban J connectivity index is 0.00000144. The Kier molecular flexibility index (Phi) is 5.43. The van der Waals surface area contributed by atoms with E-state index >= 15 is 0 Å². The maximum Gasteiger partial charge on any atom is 0.227 e. The summed E-state index contributed by atoms with van der Waals surface area (Å²) in [6, 6.07) is 2.13. The zero-order valence-electron chi connectivity index (χ0n) is 9.89. The van der Waals surface area contributed by atoms with Gasteiger partial charge >= 0.3 is 0 Å². The number of hydrogen-bond donors (Lipinski definition) is 2. The van der Waals surface area contributed by atoms with Crippen LogP contribution in [0.3, 0.4) is 0 Å². The van der Waals surface area contributed by atoms with E-state index in [0.29, 0.717) is 12.5 Å². The van der Waals surface area contributed by atoms with Crippen LogP contribution in [0.1, 0.15) is 31.2 Å². The monoisotopic (exact) mass is 274 g/mol. The number of nitrogens with two attached hydrogens (primary N) is 1. The average molecular weight is 275 g/mol. The molecule has 1 fully saturated rings. The normalized spacial score (nSPS) is 18.0. The Hall–Kier alpha value is -0.580. The van der Waals surface area contributed by atoms with Crippen molar-refractivity contribution >= 4 is 29.7 Å². The van der Waals surface area contributed by atoms with Crippen molar-refractivity contribution in [1.29, 1.82) is 0 Å². The van der Waals surface area contributed by atoms with Crippen molar-refractivity contribution in [3.05, 3.63) is 22.4 Å². The molecule has 96 valence electrons. The van der Waals surface area contributed by atoms with Crippen LogP contribution in [-0.2, 0) is 4.79 Å². The highest BCUT2D eigenvalue weighted by Gasteiger charge is 2.28. The predicted octanol–water partition coefficient (Wildman–Crippen LogP) is 2.13. The third-order valence-electron chi connectivity index (χ3n) is 3.18. The highest BCUT2D eigenvalue weighted by atomic mass is 35.5. The van der Waals surface area contributed by atoms with Gasteiger partial charge in [0.15, 0.2) is 0 Å². The molecule has 0 spiro atoms. The number of rotatable bonds is 5. The van der Waals surface area contributed by atoms with Crippen molar-refractivity contribution in [3.8, 4) is 0 Å². The molecule has 0 saturated heterocycles. The van der Waals surface area contributed by atoms with E-state index in [1.807, 2.05) is 23.8 Å². The van der Waals surface area contributed by atoms with Gasteiger partial charge in [0.1, 0.15) is 0 Å². The number of carbonyl (C=O) groups excluding carboxylic acids is 1. The average Bonchev–Trinajstić information content (AvgIpc) is 3.00. The van der Waals surface area contributed by atoms with Crippen LogP contribution in [0.5, 0.6) is 0 Å². The van der Waals surface area contributed by atoms with Gasteiger partial charge in [-0.05, 0) is 48.1 Å². The van der Waals surface area contributed by atoms with E-state index < -0.39 is 0 Å². The van der Waals surface area contributed by atoms with Crippen LogP contribution >= 0.6 is 23.7 Å². The van der Waals surface area contributed by atoms with Crippen molar-refractivity contribution in [3.63, 3.8) is 0 Å². The third kappa shape index (κ3) is 3.98. The molecule has 0 bridgehead atoms. The molecule has 0 radical (unpaired) electrons. The zero-order valence-corrected chi connectivity index (χ0v) is 11.5. The Labute approximate surface area is 112 Å². The largest absolute Gasteiger partial charge is 0.354 e. The number of hydrogen-bond acceptors (Lipinski definition) is 3. The Morgan fingerprint density at radius 2 is 2.35 bits per heavy atom. The molecular formula is C12H19ClN2OS. The molecule has 2 unspecified atom stereocenters. The summed E-state index contributed by atoms with van der Waals surface area (Å²) in [4.78, 5) is 11.8. The summed E-state index contributed by atoms with van der Waals surface area (Å²) >= 11 is 1.62. The highest BCUT2D eigenvalue weighted by Crippen LogP contribution is 2.31. The van der Waals surface area contributed by atoms with Crippen LogP contribution < -0.4 is 11.1 Å². The molecule has 3 N–H and O–H groups in total. The first-order valence-corrected chi connectivity index (χ1v) is 6.68. The van der Waals surface area contributed by atoms with E-state index in [-0.39, 0.29) is 30.3 Å². The molecule has 1 aromatic rings. The molecule has 0 aromatic carbocycles. The van der Waals surface area contributed by atoms with Gasteiger partial charge in [-0.2, -0.15) is 11.3 Å². The minimum atomic E-state index is -0.0716. The number of nitrogens with one attached hydrogen (secondary N) is 1. The fourth-order valence-corrected chi connectivity index (χ4v) is 2.49. The topological polar surface area (TPSA) is 55.1 Å². The van der Waals surface area contributed by atoms with Gasteiger partial charge in [0, 0.05) is 12.6 Å². The summed E-state index contributed by atoms with van der Waals surface area (Å²) in [6.07, 6.45) is 2.44. The number of thiophene rings is 1. The molecule has 1 saturated carbocycles. The molecule has 1 amide bonds. The summed E-state index contributed by atoms with van der Waals surface area (Å²) in [6.45, 7) is 2.54. The van der Waals surface area contributed by atoms with Gasteiger partial charge in [-0.3, -0.25) is 4.79 Å². The van der Waals surface area contributed by atoms with Gasteiger partial charge in [-0.15, -0.1) is 12.4 Å². The standard InChI is InChI=1S/C12H18N2OS.ClH/c1-8(10-4-5-16-7-10)12(15)14-6-11(13)9-2-3-9;/h4-5,7-9,11H,2-3,6,13H2,1H3,(H,14,15);1H. The number of amides is 1. The highest BCUT2D eigenvalue weighted by molar-refractivity contribution is 7.08. The minimum Gasteiger partial charge on any atom is -0.354 e. The van der Waals surface area contributed by atoms with Gasteiger partial charge in [0.25, 0.3) is 0 Å². The van der Waals surface area contributed by atoms with Gasteiger partial charge in [0.2, 0.25) is 5.91 Å². The van der Waals surface area contributed by atoms with E-state index in [2.05, 4.69) is 5.32 Å². The van der Waals surface area contributed by atoms with E-state index in [1.54, 1.807) is 11.3 Å². The van der Waals surface area contributed by atoms with Crippen molar-refractivity contribution < 1.29 is 4.79 Å². The van der Waals surface area contributed by atoms with E-state index in [4.69, 9.17) is 5.73 Å². The molecule has 1 aromatic heterocycles. The summed E-state index contributed by atoms with van der Waals surface area (Å²) in [5.41, 5.74) is 7.02. The minimum absolute atomic E-state index is 0. The second-order valence-electron chi connectivity index (χ2n) is 4.52. The lowest BCUT2D eigenvalue weighted by Gasteiger charge is -2.14. The van der Waals surface area contributed by atoms with Crippen molar-refractivity contribution in [2.75, 3.05) is 6.54 Å². The van der Waals surface area contributed by atoms with Crippen molar-refractivity contribution in [2.24, 2.45) is 11.7 Å². The summed E-state index contributed by atoms with van der Waals surface area (Å²) in [5.74, 6) is 0.643. The fourth-order valence-electron chi connectivity index (χ4n) is 1.74. The summed E-state index contributed by atoms with van der Waals surface area (Å²) in [7, 11) is 0. The predicted molar refractivity (Wildman–Crippen MR) is 73.7 cm³/mol. The Morgan fingerprint density at radius 3 is 2.88 bits per heavy atom. The van der Waals surface area contributed by atoms with E-state index in [9.17, 15) is 4.79 Å². The van der Waals surface area contributed by atoms with Gasteiger partial charge in [0.05, 0.1) is 5.92 Å². The molecule has 5 heteroatoms. The van der Waals surface area contributed by atoms with Crippen LogP contribution in [-0.4, -0.2) is 18.5 Å². The van der Waals surface area contributed by atoms with Gasteiger partial charge < -0.3 is 11.1 Å². The van der Waals surface area contributed by atoms with Crippen molar-refractivity contribution in [2.45, 2.75) is 31.7 Å². The lowest BCUT2D eigenvalue weighted by molar-refractivity contribution is -0.122. The lowest BCUT2D eigenvalue weighted by Crippen LogP contribution is -2.40. The quantitative estimate of drug-likeness (QED) is 0.864. The van der Waals surface area contributed by atoms with Crippen LogP contribution in [0.2, 0.25) is 0 Å². The first kappa shape index (κ1) is 14.5. The van der Waals surface area contributed by atoms with Crippen LogP contribution in [0, 0.1) is 5.92 Å². The summed E-state index contributed by atoms with van der Waals surface area (Å²) < 4.78 is 0. The molecule has 1 aliphatic carbocycles. The first-order valence-electron chi connectivity index (χ1n) is 5.74. The third-order valence-corrected chi connectivity index (χ3v) is 3.88. The zero-order chi connectivity index (χ0) is 11.5. The Morgan fingerprint density at radius 1 is 1.65 bits per heavy atom. The SMILES string of the molecule is CC(C(=O)NCC(N)C1CC1)c1ccsc1.Cl. The van der Waals surface area contributed by atoms with Crippen LogP contribution in [0.4, 0.5) is 0 Å². The van der Waals surface area contributed by atoms with Gasteiger partial charge in [-0.1, -0.05) is 0 Å². The van der Waals surface area contributed by atoms with Gasteiger partial charge in [-0.25, -0.2) is 0 Å². The van der Waals surface area contributed by atoms with Crippen LogP contribution in [0.25, 0.3) is 0 Å². The molecule has 1 heterocycles. The molecule has 2 atom stereocenters. The molecule has 3 nitrogen and oxygen atoms in total. The molecule has 17 heavy (non-hydrogen) atoms. The van der Waals surface area contributed by atoms with Crippen LogP contribution in [0.15, 0.2) is 16.8 Å². The molecule has 1 aliphatic rings. The number of carbonyl (C=O) groups is 1. The second kappa shape index (κ2) is 6.38. The number of halogens is 1. The fraction of sp³-hybridized carbons (Fsp3) is 0.583. The maximum absolute atomic E-state index is 11.8. The molecule has 0 aliphatic heterocycles. The first-order chi connectivity index (χ1) is 7.68.